The minimum atomic E-state index is -0.471. The third-order valence-corrected chi connectivity index (χ3v) is 4.23. The number of anilines is 1. The molecule has 0 bridgehead atoms. The molecule has 2 rings (SSSR count). The topological polar surface area (TPSA) is 49.4 Å². The van der Waals surface area contributed by atoms with E-state index in [1.165, 1.54) is 0 Å². The second-order valence-electron chi connectivity index (χ2n) is 6.11. The Morgan fingerprint density at radius 3 is 2.33 bits per heavy atom. The molecule has 1 saturated heterocycles. The minimum Gasteiger partial charge on any atom is -0.342 e. The molecule has 0 radical (unpaired) electrons. The van der Waals surface area contributed by atoms with Gasteiger partial charge in [0.15, 0.2) is 0 Å². The predicted molar refractivity (Wildman–Crippen MR) is 87.0 cm³/mol. The van der Waals surface area contributed by atoms with Crippen molar-refractivity contribution in [2.75, 3.05) is 4.90 Å². The minimum absolute atomic E-state index is 0.0404. The summed E-state index contributed by atoms with van der Waals surface area (Å²) in [5.41, 5.74) is 0.758. The number of piperazine rings is 1. The first-order chi connectivity index (χ1) is 9.82. The zero-order valence-electron chi connectivity index (χ0n) is 12.8. The molecule has 1 heterocycles. The van der Waals surface area contributed by atoms with Gasteiger partial charge in [0.2, 0.25) is 5.91 Å². The van der Waals surface area contributed by atoms with Gasteiger partial charge in [0.05, 0.1) is 0 Å². The standard InChI is InChI=1S/C16H21BrN2O2/c1-9(2)13-16(21)19(12-7-5-6-11(17)8-12)14(10(3)4)15(20)18-13/h5-10,13-14H,1-4H3,(H,18,20). The van der Waals surface area contributed by atoms with Gasteiger partial charge in [-0.2, -0.15) is 0 Å². The molecular formula is C16H21BrN2O2. The lowest BCUT2D eigenvalue weighted by molar-refractivity contribution is -0.135. The van der Waals surface area contributed by atoms with E-state index in [0.717, 1.165) is 10.2 Å². The fourth-order valence-electron chi connectivity index (χ4n) is 2.67. The third-order valence-electron chi connectivity index (χ3n) is 3.73. The molecule has 0 aromatic heterocycles. The van der Waals surface area contributed by atoms with Crippen molar-refractivity contribution in [2.24, 2.45) is 11.8 Å². The van der Waals surface area contributed by atoms with Gasteiger partial charge in [-0.1, -0.05) is 49.7 Å². The first-order valence-corrected chi connectivity index (χ1v) is 8.01. The van der Waals surface area contributed by atoms with Crippen LogP contribution < -0.4 is 10.2 Å². The highest BCUT2D eigenvalue weighted by atomic mass is 79.9. The van der Waals surface area contributed by atoms with E-state index in [-0.39, 0.29) is 23.7 Å². The first-order valence-electron chi connectivity index (χ1n) is 7.22. The Morgan fingerprint density at radius 1 is 1.14 bits per heavy atom. The van der Waals surface area contributed by atoms with E-state index in [0.29, 0.717) is 0 Å². The molecule has 1 aromatic carbocycles. The summed E-state index contributed by atoms with van der Waals surface area (Å²) in [6, 6.07) is 6.59. The number of carbonyl (C=O) groups excluding carboxylic acids is 2. The van der Waals surface area contributed by atoms with Crippen LogP contribution in [0.5, 0.6) is 0 Å². The zero-order valence-corrected chi connectivity index (χ0v) is 14.3. The second kappa shape index (κ2) is 6.18. The van der Waals surface area contributed by atoms with Crippen LogP contribution in [0.3, 0.4) is 0 Å². The molecule has 2 atom stereocenters. The Bertz CT molecular complexity index is 557. The maximum absolute atomic E-state index is 12.8. The summed E-state index contributed by atoms with van der Waals surface area (Å²) in [7, 11) is 0. The van der Waals surface area contributed by atoms with Gasteiger partial charge in [-0.3, -0.25) is 14.5 Å². The Labute approximate surface area is 134 Å². The van der Waals surface area contributed by atoms with E-state index in [4.69, 9.17) is 0 Å². The van der Waals surface area contributed by atoms with E-state index < -0.39 is 12.1 Å². The number of halogens is 1. The van der Waals surface area contributed by atoms with Crippen molar-refractivity contribution in [3.63, 3.8) is 0 Å². The Morgan fingerprint density at radius 2 is 1.81 bits per heavy atom. The van der Waals surface area contributed by atoms with Crippen molar-refractivity contribution in [1.82, 2.24) is 5.32 Å². The van der Waals surface area contributed by atoms with Crippen LogP contribution in [-0.2, 0) is 9.59 Å². The highest BCUT2D eigenvalue weighted by molar-refractivity contribution is 9.10. The van der Waals surface area contributed by atoms with E-state index in [2.05, 4.69) is 21.2 Å². The monoisotopic (exact) mass is 352 g/mol. The van der Waals surface area contributed by atoms with Gasteiger partial charge in [-0.25, -0.2) is 0 Å². The van der Waals surface area contributed by atoms with Crippen LogP contribution >= 0.6 is 15.9 Å². The molecule has 1 N–H and O–H groups in total. The summed E-state index contributed by atoms with van der Waals surface area (Å²) < 4.78 is 0.891. The number of amides is 2. The van der Waals surface area contributed by atoms with Crippen molar-refractivity contribution in [2.45, 2.75) is 39.8 Å². The van der Waals surface area contributed by atoms with Gasteiger partial charge in [0.1, 0.15) is 12.1 Å². The number of hydrogen-bond acceptors (Lipinski definition) is 2. The van der Waals surface area contributed by atoms with Gasteiger partial charge < -0.3 is 5.32 Å². The van der Waals surface area contributed by atoms with Crippen LogP contribution in [0.25, 0.3) is 0 Å². The molecule has 21 heavy (non-hydrogen) atoms. The number of carbonyl (C=O) groups is 2. The number of hydrogen-bond donors (Lipinski definition) is 1. The molecule has 2 unspecified atom stereocenters. The van der Waals surface area contributed by atoms with Crippen LogP contribution in [0.1, 0.15) is 27.7 Å². The van der Waals surface area contributed by atoms with Crippen molar-refractivity contribution in [1.29, 1.82) is 0 Å². The molecule has 4 nitrogen and oxygen atoms in total. The molecule has 114 valence electrons. The molecule has 2 amide bonds. The molecule has 0 aliphatic carbocycles. The van der Waals surface area contributed by atoms with Crippen molar-refractivity contribution in [3.05, 3.63) is 28.7 Å². The zero-order chi connectivity index (χ0) is 15.7. The summed E-state index contributed by atoms with van der Waals surface area (Å²) in [5.74, 6) is -0.0186. The van der Waals surface area contributed by atoms with Gasteiger partial charge in [-0.15, -0.1) is 0 Å². The largest absolute Gasteiger partial charge is 0.342 e. The highest BCUT2D eigenvalue weighted by Crippen LogP contribution is 2.29. The molecule has 1 fully saturated rings. The second-order valence-corrected chi connectivity index (χ2v) is 7.02. The van der Waals surface area contributed by atoms with E-state index in [9.17, 15) is 9.59 Å². The summed E-state index contributed by atoms with van der Waals surface area (Å²) in [6.07, 6.45) is 0. The molecule has 1 aliphatic heterocycles. The van der Waals surface area contributed by atoms with Crippen LogP contribution in [-0.4, -0.2) is 23.9 Å². The lowest BCUT2D eigenvalue weighted by atomic mass is 9.92. The maximum Gasteiger partial charge on any atom is 0.250 e. The van der Waals surface area contributed by atoms with Gasteiger partial charge in [0, 0.05) is 10.2 Å². The third kappa shape index (κ3) is 3.12. The normalized spacial score (nSPS) is 22.9. The summed E-state index contributed by atoms with van der Waals surface area (Å²) in [4.78, 5) is 26.9. The van der Waals surface area contributed by atoms with Gasteiger partial charge in [0.25, 0.3) is 5.91 Å². The van der Waals surface area contributed by atoms with E-state index in [1.54, 1.807) is 4.90 Å². The highest BCUT2D eigenvalue weighted by Gasteiger charge is 2.43. The lowest BCUT2D eigenvalue weighted by Crippen LogP contribution is -2.66. The smallest absolute Gasteiger partial charge is 0.250 e. The number of nitrogens with zero attached hydrogens (tertiary/aromatic N) is 1. The molecule has 1 aliphatic rings. The van der Waals surface area contributed by atoms with Gasteiger partial charge in [-0.05, 0) is 30.0 Å². The number of rotatable bonds is 3. The average molecular weight is 353 g/mol. The molecule has 0 spiro atoms. The molecule has 1 aromatic rings. The van der Waals surface area contributed by atoms with Crippen LogP contribution in [0, 0.1) is 11.8 Å². The Balaban J connectivity index is 2.48. The molecule has 0 saturated carbocycles. The summed E-state index contributed by atoms with van der Waals surface area (Å²) in [6.45, 7) is 7.80. The summed E-state index contributed by atoms with van der Waals surface area (Å²) in [5, 5.41) is 2.87. The van der Waals surface area contributed by atoms with E-state index >= 15 is 0 Å². The quantitative estimate of drug-likeness (QED) is 0.908. The fourth-order valence-corrected chi connectivity index (χ4v) is 3.06. The summed E-state index contributed by atoms with van der Waals surface area (Å²) >= 11 is 3.43. The van der Waals surface area contributed by atoms with Crippen molar-refractivity contribution >= 4 is 33.4 Å². The Hall–Kier alpha value is -1.36. The maximum atomic E-state index is 12.8. The Kier molecular flexibility index (Phi) is 4.71. The lowest BCUT2D eigenvalue weighted by Gasteiger charge is -2.42. The van der Waals surface area contributed by atoms with Crippen molar-refractivity contribution in [3.8, 4) is 0 Å². The van der Waals surface area contributed by atoms with Crippen LogP contribution in [0.2, 0.25) is 0 Å². The number of nitrogens with one attached hydrogen (secondary N) is 1. The van der Waals surface area contributed by atoms with Gasteiger partial charge >= 0.3 is 0 Å². The first kappa shape index (κ1) is 16.0. The fraction of sp³-hybridized carbons (Fsp3) is 0.500. The SMILES string of the molecule is CC(C)C1NC(=O)C(C(C)C)N(c2cccc(Br)c2)C1=O. The van der Waals surface area contributed by atoms with Crippen LogP contribution in [0.4, 0.5) is 5.69 Å². The van der Waals surface area contributed by atoms with E-state index in [1.807, 2.05) is 52.0 Å². The number of benzene rings is 1. The van der Waals surface area contributed by atoms with Crippen molar-refractivity contribution < 1.29 is 9.59 Å². The molecular weight excluding hydrogens is 332 g/mol. The van der Waals surface area contributed by atoms with Crippen LogP contribution in [0.15, 0.2) is 28.7 Å². The molecule has 5 heteroatoms. The average Bonchev–Trinajstić information content (AvgIpc) is 2.39. The predicted octanol–water partition coefficient (Wildman–Crippen LogP) is 2.96.